The van der Waals surface area contributed by atoms with Crippen LogP contribution in [0.15, 0.2) is 12.3 Å². The van der Waals surface area contributed by atoms with E-state index in [2.05, 4.69) is 9.97 Å². The van der Waals surface area contributed by atoms with Gasteiger partial charge >= 0.3 is 5.97 Å². The normalized spacial score (nSPS) is 16.8. The Kier molecular flexibility index (Phi) is 3.00. The number of nitrogens with zero attached hydrogens (tertiary/aromatic N) is 2. The van der Waals surface area contributed by atoms with Gasteiger partial charge in [0.1, 0.15) is 18.5 Å². The summed E-state index contributed by atoms with van der Waals surface area (Å²) in [5.74, 6) is 0.503. The average molecular weight is 223 g/mol. The van der Waals surface area contributed by atoms with Gasteiger partial charge in [-0.3, -0.25) is 4.79 Å². The van der Waals surface area contributed by atoms with Gasteiger partial charge in [0.05, 0.1) is 0 Å². The molecule has 0 aromatic carbocycles. The van der Waals surface area contributed by atoms with Crippen molar-refractivity contribution >= 4 is 5.97 Å². The van der Waals surface area contributed by atoms with Gasteiger partial charge in [-0.1, -0.05) is 0 Å². The van der Waals surface area contributed by atoms with Gasteiger partial charge in [-0.05, 0) is 12.8 Å². The SMILES string of the molecule is NC(COc1ccnc(C2CC2)n1)C(=O)O. The highest BCUT2D eigenvalue weighted by Gasteiger charge is 2.26. The summed E-state index contributed by atoms with van der Waals surface area (Å²) in [7, 11) is 0. The molecule has 1 heterocycles. The van der Waals surface area contributed by atoms with Gasteiger partial charge < -0.3 is 15.6 Å². The molecule has 3 N–H and O–H groups in total. The monoisotopic (exact) mass is 223 g/mol. The van der Waals surface area contributed by atoms with Crippen molar-refractivity contribution in [2.75, 3.05) is 6.61 Å². The van der Waals surface area contributed by atoms with Crippen molar-refractivity contribution in [2.45, 2.75) is 24.8 Å². The molecule has 2 rings (SSSR count). The van der Waals surface area contributed by atoms with E-state index in [1.807, 2.05) is 0 Å². The molecule has 0 saturated heterocycles. The maximum atomic E-state index is 10.5. The van der Waals surface area contributed by atoms with Crippen LogP contribution in [-0.4, -0.2) is 33.7 Å². The molecule has 6 heteroatoms. The number of nitrogens with two attached hydrogens (primary N) is 1. The second kappa shape index (κ2) is 4.44. The minimum absolute atomic E-state index is 0.0869. The predicted octanol–water partition coefficient (Wildman–Crippen LogP) is 0.145. The third-order valence-corrected chi connectivity index (χ3v) is 2.32. The molecule has 0 amide bonds. The zero-order chi connectivity index (χ0) is 11.5. The zero-order valence-electron chi connectivity index (χ0n) is 8.67. The van der Waals surface area contributed by atoms with E-state index >= 15 is 0 Å². The molecule has 1 aliphatic rings. The lowest BCUT2D eigenvalue weighted by Crippen LogP contribution is -2.36. The number of ether oxygens (including phenoxy) is 1. The van der Waals surface area contributed by atoms with Gasteiger partial charge in [-0.15, -0.1) is 0 Å². The Morgan fingerprint density at radius 1 is 1.69 bits per heavy atom. The third kappa shape index (κ3) is 2.66. The van der Waals surface area contributed by atoms with Crippen molar-refractivity contribution < 1.29 is 14.6 Å². The summed E-state index contributed by atoms with van der Waals surface area (Å²) in [6, 6.07) is 0.569. The van der Waals surface area contributed by atoms with Gasteiger partial charge in [0, 0.05) is 18.2 Å². The van der Waals surface area contributed by atoms with Crippen LogP contribution in [0.4, 0.5) is 0 Å². The van der Waals surface area contributed by atoms with Crippen LogP contribution < -0.4 is 10.5 Å². The predicted molar refractivity (Wildman–Crippen MR) is 55.1 cm³/mol. The molecule has 1 aromatic rings. The van der Waals surface area contributed by atoms with Crippen LogP contribution in [0, 0.1) is 0 Å². The van der Waals surface area contributed by atoms with Crippen LogP contribution in [-0.2, 0) is 4.79 Å². The molecule has 1 aliphatic carbocycles. The van der Waals surface area contributed by atoms with E-state index in [4.69, 9.17) is 15.6 Å². The van der Waals surface area contributed by atoms with Crippen LogP contribution >= 0.6 is 0 Å². The van der Waals surface area contributed by atoms with Gasteiger partial charge in [0.2, 0.25) is 5.88 Å². The summed E-state index contributed by atoms with van der Waals surface area (Å²) in [4.78, 5) is 18.8. The third-order valence-electron chi connectivity index (χ3n) is 2.32. The van der Waals surface area contributed by atoms with E-state index in [9.17, 15) is 4.79 Å². The Balaban J connectivity index is 1.93. The summed E-state index contributed by atoms with van der Waals surface area (Å²) in [6.07, 6.45) is 3.83. The topological polar surface area (TPSA) is 98.3 Å². The fourth-order valence-electron chi connectivity index (χ4n) is 1.22. The second-order valence-corrected chi connectivity index (χ2v) is 3.78. The Bertz CT molecular complexity index is 393. The molecule has 1 aromatic heterocycles. The maximum Gasteiger partial charge on any atom is 0.324 e. The van der Waals surface area contributed by atoms with Gasteiger partial charge in [-0.2, -0.15) is 4.98 Å². The molecule has 86 valence electrons. The molecule has 1 saturated carbocycles. The van der Waals surface area contributed by atoms with Crippen molar-refractivity contribution in [3.8, 4) is 5.88 Å². The first-order chi connectivity index (χ1) is 7.66. The van der Waals surface area contributed by atoms with E-state index in [-0.39, 0.29) is 6.61 Å². The standard InChI is InChI=1S/C10H13N3O3/c11-7(10(14)15)5-16-8-3-4-12-9(13-8)6-1-2-6/h3-4,6-7H,1-2,5,11H2,(H,14,15). The number of aliphatic carboxylic acids is 1. The first-order valence-electron chi connectivity index (χ1n) is 5.11. The Morgan fingerprint density at radius 2 is 2.44 bits per heavy atom. The quantitative estimate of drug-likeness (QED) is 0.737. The Morgan fingerprint density at radius 3 is 3.06 bits per heavy atom. The van der Waals surface area contributed by atoms with E-state index in [0.717, 1.165) is 18.7 Å². The van der Waals surface area contributed by atoms with Crippen LogP contribution in [0.1, 0.15) is 24.6 Å². The van der Waals surface area contributed by atoms with E-state index in [1.165, 1.54) is 0 Å². The highest BCUT2D eigenvalue weighted by Crippen LogP contribution is 2.38. The van der Waals surface area contributed by atoms with Gasteiger partial charge in [0.15, 0.2) is 0 Å². The molecular weight excluding hydrogens is 210 g/mol. The molecule has 0 aliphatic heterocycles. The molecule has 1 atom stereocenters. The lowest BCUT2D eigenvalue weighted by atomic mass is 10.3. The first-order valence-corrected chi connectivity index (χ1v) is 5.11. The molecular formula is C10H13N3O3. The van der Waals surface area contributed by atoms with Gasteiger partial charge in [0.25, 0.3) is 0 Å². The molecule has 6 nitrogen and oxygen atoms in total. The number of carboxylic acid groups (broad SMARTS) is 1. The highest BCUT2D eigenvalue weighted by atomic mass is 16.5. The smallest absolute Gasteiger partial charge is 0.324 e. The molecule has 0 radical (unpaired) electrons. The van der Waals surface area contributed by atoms with E-state index < -0.39 is 12.0 Å². The number of carboxylic acids is 1. The zero-order valence-corrected chi connectivity index (χ0v) is 8.67. The fourth-order valence-corrected chi connectivity index (χ4v) is 1.22. The lowest BCUT2D eigenvalue weighted by molar-refractivity contribution is -0.139. The molecule has 1 fully saturated rings. The van der Waals surface area contributed by atoms with Gasteiger partial charge in [-0.25, -0.2) is 4.98 Å². The second-order valence-electron chi connectivity index (χ2n) is 3.78. The summed E-state index contributed by atoms with van der Waals surface area (Å²) in [5.41, 5.74) is 5.31. The van der Waals surface area contributed by atoms with E-state index in [0.29, 0.717) is 11.8 Å². The maximum absolute atomic E-state index is 10.5. The van der Waals surface area contributed by atoms with E-state index in [1.54, 1.807) is 12.3 Å². The number of aromatic nitrogens is 2. The molecule has 1 unspecified atom stereocenters. The minimum Gasteiger partial charge on any atom is -0.480 e. The van der Waals surface area contributed by atoms with Crippen LogP contribution in [0.5, 0.6) is 5.88 Å². The number of carbonyl (C=O) groups is 1. The van der Waals surface area contributed by atoms with Crippen molar-refractivity contribution in [1.29, 1.82) is 0 Å². The molecule has 16 heavy (non-hydrogen) atoms. The summed E-state index contributed by atoms with van der Waals surface area (Å²) < 4.78 is 5.19. The minimum atomic E-state index is -1.09. The van der Waals surface area contributed by atoms with Crippen LogP contribution in [0.2, 0.25) is 0 Å². The van der Waals surface area contributed by atoms with Crippen molar-refractivity contribution in [3.63, 3.8) is 0 Å². The fraction of sp³-hybridized carbons (Fsp3) is 0.500. The average Bonchev–Trinajstić information content (AvgIpc) is 3.10. The number of rotatable bonds is 5. The summed E-state index contributed by atoms with van der Waals surface area (Å²) in [6.45, 7) is -0.0869. The Hall–Kier alpha value is -1.69. The van der Waals surface area contributed by atoms with Crippen molar-refractivity contribution in [2.24, 2.45) is 5.73 Å². The highest BCUT2D eigenvalue weighted by molar-refractivity contribution is 5.73. The molecule has 0 bridgehead atoms. The van der Waals surface area contributed by atoms with Crippen LogP contribution in [0.3, 0.4) is 0 Å². The number of hydrogen-bond donors (Lipinski definition) is 2. The summed E-state index contributed by atoms with van der Waals surface area (Å²) >= 11 is 0. The number of hydrogen-bond acceptors (Lipinski definition) is 5. The molecule has 0 spiro atoms. The van der Waals surface area contributed by atoms with Crippen molar-refractivity contribution in [3.05, 3.63) is 18.1 Å². The summed E-state index contributed by atoms with van der Waals surface area (Å²) in [5, 5.41) is 8.58. The Labute approximate surface area is 92.5 Å². The first kappa shape index (κ1) is 10.8. The lowest BCUT2D eigenvalue weighted by Gasteiger charge is -2.08. The van der Waals surface area contributed by atoms with Crippen molar-refractivity contribution in [1.82, 2.24) is 9.97 Å². The van der Waals surface area contributed by atoms with Crippen LogP contribution in [0.25, 0.3) is 0 Å². The largest absolute Gasteiger partial charge is 0.480 e.